The van der Waals surface area contributed by atoms with Crippen molar-refractivity contribution in [3.63, 3.8) is 0 Å². The van der Waals surface area contributed by atoms with E-state index in [0.29, 0.717) is 16.6 Å². The van der Waals surface area contributed by atoms with Crippen LogP contribution in [0.3, 0.4) is 0 Å². The molecule has 1 fully saturated rings. The number of rotatable bonds is 2. The average Bonchev–Trinajstić information content (AvgIpc) is 3.15. The molecule has 3 heterocycles. The first-order valence-corrected chi connectivity index (χ1v) is 8.23. The summed E-state index contributed by atoms with van der Waals surface area (Å²) in [6.07, 6.45) is 5.57. The van der Waals surface area contributed by atoms with Gasteiger partial charge in [-0.3, -0.25) is 0 Å². The van der Waals surface area contributed by atoms with Gasteiger partial charge in [0.1, 0.15) is 5.82 Å². The second-order valence-electron chi connectivity index (χ2n) is 5.90. The van der Waals surface area contributed by atoms with Gasteiger partial charge in [-0.2, -0.15) is 5.26 Å². The normalized spacial score (nSPS) is 15.6. The number of hydrogen-bond donors (Lipinski definition) is 0. The lowest BCUT2D eigenvalue weighted by atomic mass is 10.0. The molecule has 1 aromatic carbocycles. The van der Waals surface area contributed by atoms with Gasteiger partial charge in [0, 0.05) is 29.7 Å². The molecule has 4 rings (SSSR count). The highest BCUT2D eigenvalue weighted by molar-refractivity contribution is 6.31. The smallest absolute Gasteiger partial charge is 0.130 e. The Hall–Kier alpha value is -2.65. The third-order valence-electron chi connectivity index (χ3n) is 4.48. The van der Waals surface area contributed by atoms with Crippen LogP contribution < -0.4 is 4.90 Å². The first kappa shape index (κ1) is 14.9. The summed E-state index contributed by atoms with van der Waals surface area (Å²) in [6.45, 7) is 1.75. The van der Waals surface area contributed by atoms with Crippen molar-refractivity contribution in [2.45, 2.75) is 18.9 Å². The summed E-state index contributed by atoms with van der Waals surface area (Å²) in [7, 11) is 0. The lowest BCUT2D eigenvalue weighted by Gasteiger charge is -2.32. The Bertz CT molecular complexity index is 907. The fraction of sp³-hybridized carbons (Fsp3) is 0.294. The summed E-state index contributed by atoms with van der Waals surface area (Å²) in [5.41, 5.74) is 1.41. The molecule has 0 radical (unpaired) electrons. The lowest BCUT2D eigenvalue weighted by molar-refractivity contribution is 0.359. The van der Waals surface area contributed by atoms with Crippen molar-refractivity contribution in [3.05, 3.63) is 47.2 Å². The van der Waals surface area contributed by atoms with E-state index in [9.17, 15) is 5.26 Å². The number of anilines is 1. The first-order valence-electron chi connectivity index (χ1n) is 7.86. The van der Waals surface area contributed by atoms with Crippen molar-refractivity contribution >= 4 is 28.3 Å². The molecule has 1 saturated heterocycles. The van der Waals surface area contributed by atoms with Gasteiger partial charge in [-0.15, -0.1) is 5.10 Å². The molecule has 0 unspecified atom stereocenters. The Kier molecular flexibility index (Phi) is 3.79. The van der Waals surface area contributed by atoms with Crippen LogP contribution in [0.5, 0.6) is 0 Å². The van der Waals surface area contributed by atoms with Crippen molar-refractivity contribution in [3.8, 4) is 6.07 Å². The van der Waals surface area contributed by atoms with Gasteiger partial charge < -0.3 is 4.90 Å². The Balaban J connectivity index is 1.61. The van der Waals surface area contributed by atoms with Crippen LogP contribution >= 0.6 is 11.6 Å². The predicted octanol–water partition coefficient (Wildman–Crippen LogP) is 3.19. The van der Waals surface area contributed by atoms with Gasteiger partial charge in [0.15, 0.2) is 0 Å². The maximum Gasteiger partial charge on any atom is 0.130 e. The average molecular weight is 339 g/mol. The highest BCUT2D eigenvalue weighted by atomic mass is 35.5. The number of piperidine rings is 1. The zero-order valence-corrected chi connectivity index (χ0v) is 13.7. The van der Waals surface area contributed by atoms with E-state index in [1.165, 1.54) is 0 Å². The summed E-state index contributed by atoms with van der Waals surface area (Å²) in [6, 6.07) is 9.95. The largest absolute Gasteiger partial charge is 0.356 e. The third-order valence-corrected chi connectivity index (χ3v) is 4.72. The number of nitrogens with zero attached hydrogens (tertiary/aromatic N) is 6. The van der Waals surface area contributed by atoms with Crippen LogP contribution in [0, 0.1) is 11.3 Å². The summed E-state index contributed by atoms with van der Waals surface area (Å²) < 4.78 is 1.92. The van der Waals surface area contributed by atoms with Crippen molar-refractivity contribution in [1.82, 2.24) is 20.0 Å². The summed E-state index contributed by atoms with van der Waals surface area (Å²) >= 11 is 6.04. The molecule has 7 heteroatoms. The van der Waals surface area contributed by atoms with Crippen molar-refractivity contribution in [1.29, 1.82) is 5.26 Å². The predicted molar refractivity (Wildman–Crippen MR) is 92.0 cm³/mol. The van der Waals surface area contributed by atoms with Crippen LogP contribution in [0.15, 0.2) is 36.7 Å². The van der Waals surface area contributed by atoms with Crippen molar-refractivity contribution in [2.24, 2.45) is 0 Å². The van der Waals surface area contributed by atoms with Crippen LogP contribution in [0.25, 0.3) is 10.9 Å². The standard InChI is InChI=1S/C17H15ClN6/c18-13-1-2-16-15(10-13)12(11-19)9-17(21-16)23-6-3-14(4-7-23)24-8-5-20-22-24/h1-2,5,8-10,14H,3-4,6-7H2. The van der Waals surface area contributed by atoms with Gasteiger partial charge in [0.25, 0.3) is 0 Å². The minimum atomic E-state index is 0.374. The number of benzene rings is 1. The molecule has 0 aliphatic carbocycles. The fourth-order valence-corrected chi connectivity index (χ4v) is 3.38. The number of nitriles is 1. The lowest BCUT2D eigenvalue weighted by Crippen LogP contribution is -2.35. The number of aromatic nitrogens is 4. The molecule has 1 aliphatic heterocycles. The van der Waals surface area contributed by atoms with Gasteiger partial charge in [-0.25, -0.2) is 9.67 Å². The van der Waals surface area contributed by atoms with E-state index in [1.54, 1.807) is 18.3 Å². The van der Waals surface area contributed by atoms with E-state index in [4.69, 9.17) is 16.6 Å². The number of hydrogen-bond acceptors (Lipinski definition) is 5. The van der Waals surface area contributed by atoms with E-state index in [2.05, 4.69) is 21.3 Å². The van der Waals surface area contributed by atoms with E-state index in [-0.39, 0.29) is 0 Å². The van der Waals surface area contributed by atoms with Crippen molar-refractivity contribution in [2.75, 3.05) is 18.0 Å². The summed E-state index contributed by atoms with van der Waals surface area (Å²) in [4.78, 5) is 6.94. The molecule has 120 valence electrons. The molecular weight excluding hydrogens is 324 g/mol. The van der Waals surface area contributed by atoms with Crippen LogP contribution in [0.1, 0.15) is 24.4 Å². The molecule has 24 heavy (non-hydrogen) atoms. The zero-order chi connectivity index (χ0) is 16.5. The van der Waals surface area contributed by atoms with E-state index in [1.807, 2.05) is 23.0 Å². The molecule has 0 spiro atoms. The highest BCUT2D eigenvalue weighted by Crippen LogP contribution is 2.29. The molecule has 3 aromatic rings. The second kappa shape index (κ2) is 6.10. The summed E-state index contributed by atoms with van der Waals surface area (Å²) in [5, 5.41) is 18.8. The quantitative estimate of drug-likeness (QED) is 0.717. The van der Waals surface area contributed by atoms with Crippen LogP contribution in [0.4, 0.5) is 5.82 Å². The Morgan fingerprint density at radius 2 is 2.04 bits per heavy atom. The van der Waals surface area contributed by atoms with Gasteiger partial charge in [-0.1, -0.05) is 16.8 Å². The third kappa shape index (κ3) is 2.68. The minimum Gasteiger partial charge on any atom is -0.356 e. The second-order valence-corrected chi connectivity index (χ2v) is 6.34. The monoisotopic (exact) mass is 338 g/mol. The molecule has 1 aliphatic rings. The van der Waals surface area contributed by atoms with Gasteiger partial charge in [-0.05, 0) is 37.1 Å². The summed E-state index contributed by atoms with van der Waals surface area (Å²) in [5.74, 6) is 0.846. The Morgan fingerprint density at radius 1 is 1.21 bits per heavy atom. The van der Waals surface area contributed by atoms with Crippen molar-refractivity contribution < 1.29 is 0 Å². The molecule has 6 nitrogen and oxygen atoms in total. The Labute approximate surface area is 144 Å². The maximum absolute atomic E-state index is 9.46. The Morgan fingerprint density at radius 3 is 2.75 bits per heavy atom. The SMILES string of the molecule is N#Cc1cc(N2CCC(n3ccnn3)CC2)nc2ccc(Cl)cc12. The zero-order valence-electron chi connectivity index (χ0n) is 12.9. The van der Waals surface area contributed by atoms with Gasteiger partial charge in [0.05, 0.1) is 29.4 Å². The van der Waals surface area contributed by atoms with E-state index >= 15 is 0 Å². The molecule has 2 aromatic heterocycles. The number of halogens is 1. The van der Waals surface area contributed by atoms with E-state index < -0.39 is 0 Å². The number of fused-ring (bicyclic) bond motifs is 1. The number of pyridine rings is 1. The molecule has 0 atom stereocenters. The molecule has 0 bridgehead atoms. The molecule has 0 N–H and O–H groups in total. The fourth-order valence-electron chi connectivity index (χ4n) is 3.21. The molecular formula is C17H15ClN6. The van der Waals surface area contributed by atoms with Crippen LogP contribution in [-0.4, -0.2) is 33.1 Å². The van der Waals surface area contributed by atoms with E-state index in [0.717, 1.165) is 42.7 Å². The molecule has 0 amide bonds. The minimum absolute atomic E-state index is 0.374. The van der Waals surface area contributed by atoms with Gasteiger partial charge in [0.2, 0.25) is 0 Å². The molecule has 0 saturated carbocycles. The first-order chi connectivity index (χ1) is 11.7. The van der Waals surface area contributed by atoms with Crippen LogP contribution in [-0.2, 0) is 0 Å². The van der Waals surface area contributed by atoms with Gasteiger partial charge >= 0.3 is 0 Å². The topological polar surface area (TPSA) is 70.6 Å². The highest BCUT2D eigenvalue weighted by Gasteiger charge is 2.22. The van der Waals surface area contributed by atoms with Crippen LogP contribution in [0.2, 0.25) is 5.02 Å². The maximum atomic E-state index is 9.46.